The molecule has 0 fully saturated rings. The number of fused-ring (bicyclic) bond motifs is 13. The summed E-state index contributed by atoms with van der Waals surface area (Å²) in [5, 5.41) is 9.03. The molecule has 0 N–H and O–H groups in total. The van der Waals surface area contributed by atoms with Gasteiger partial charge in [0.2, 0.25) is 5.95 Å². The van der Waals surface area contributed by atoms with Crippen LogP contribution in [0.3, 0.4) is 0 Å². The molecule has 0 aliphatic heterocycles. The molecule has 5 aromatic heterocycles. The predicted octanol–water partition coefficient (Wildman–Crippen LogP) is 14.4. The van der Waals surface area contributed by atoms with Crippen LogP contribution < -0.4 is 0 Å². The van der Waals surface area contributed by atoms with Crippen LogP contribution in [0.1, 0.15) is 0 Å². The number of nitrogens with zero attached hydrogens (tertiary/aromatic N) is 6. The van der Waals surface area contributed by atoms with Crippen molar-refractivity contribution in [3.63, 3.8) is 0 Å². The number of benzene rings is 9. The fraction of sp³-hybridized carbons (Fsp3) is 0. The smallest absolute Gasteiger partial charge is 0.238 e. The van der Waals surface area contributed by atoms with Crippen molar-refractivity contribution >= 4 is 87.4 Å². The van der Waals surface area contributed by atoms with Gasteiger partial charge in [0, 0.05) is 48.8 Å². The molecule has 0 aliphatic carbocycles. The van der Waals surface area contributed by atoms with Crippen molar-refractivity contribution in [1.29, 1.82) is 0 Å². The van der Waals surface area contributed by atoms with Crippen molar-refractivity contribution in [3.05, 3.63) is 206 Å². The molecule has 7 nitrogen and oxygen atoms in total. The minimum Gasteiger partial charge on any atom is -0.455 e. The van der Waals surface area contributed by atoms with Crippen LogP contribution in [0.4, 0.5) is 0 Å². The normalized spacial score (nSPS) is 12.1. The van der Waals surface area contributed by atoms with Crippen LogP contribution in [-0.4, -0.2) is 28.7 Å². The van der Waals surface area contributed by atoms with E-state index in [1.165, 1.54) is 10.8 Å². The van der Waals surface area contributed by atoms with Gasteiger partial charge in [-0.2, -0.15) is 9.97 Å². The summed E-state index contributed by atoms with van der Waals surface area (Å²) in [5.41, 5.74) is 11.8. The Morgan fingerprint density at radius 2 is 0.703 bits per heavy atom. The zero-order valence-electron chi connectivity index (χ0n) is 34.2. The predicted molar refractivity (Wildman–Crippen MR) is 261 cm³/mol. The quantitative estimate of drug-likeness (QED) is 0.173. The van der Waals surface area contributed by atoms with Gasteiger partial charge in [-0.05, 0) is 72.8 Å². The Morgan fingerprint density at radius 3 is 1.25 bits per heavy atom. The second-order valence-corrected chi connectivity index (χ2v) is 16.3. The van der Waals surface area contributed by atoms with Gasteiger partial charge in [-0.3, -0.25) is 4.57 Å². The lowest BCUT2D eigenvalue weighted by Crippen LogP contribution is -2.09. The van der Waals surface area contributed by atoms with Gasteiger partial charge in [-0.1, -0.05) is 133 Å². The van der Waals surface area contributed by atoms with E-state index in [1.54, 1.807) is 0 Å². The number of hydrogen-bond donors (Lipinski definition) is 0. The second-order valence-electron chi connectivity index (χ2n) is 16.3. The van der Waals surface area contributed by atoms with Crippen molar-refractivity contribution in [1.82, 2.24) is 28.7 Å². The van der Waals surface area contributed by atoms with Gasteiger partial charge in [0.1, 0.15) is 11.2 Å². The largest absolute Gasteiger partial charge is 0.455 e. The monoisotopic (exact) mass is 818 g/mol. The van der Waals surface area contributed by atoms with E-state index >= 15 is 0 Å². The number of furan rings is 1. The molecule has 0 saturated heterocycles. The minimum atomic E-state index is 0.537. The Labute approximate surface area is 365 Å². The number of rotatable bonds is 5. The van der Waals surface area contributed by atoms with Crippen LogP contribution >= 0.6 is 0 Å². The lowest BCUT2D eigenvalue weighted by molar-refractivity contribution is 0.673. The van der Waals surface area contributed by atoms with E-state index in [0.717, 1.165) is 99.1 Å². The first-order valence-electron chi connectivity index (χ1n) is 21.5. The molecule has 64 heavy (non-hydrogen) atoms. The molecule has 0 radical (unpaired) electrons. The van der Waals surface area contributed by atoms with Gasteiger partial charge in [0.15, 0.2) is 11.6 Å². The molecular weight excluding hydrogens is 785 g/mol. The van der Waals surface area contributed by atoms with Gasteiger partial charge in [0.05, 0.1) is 49.9 Å². The van der Waals surface area contributed by atoms with Crippen LogP contribution in [0.2, 0.25) is 0 Å². The van der Waals surface area contributed by atoms with Gasteiger partial charge < -0.3 is 13.6 Å². The van der Waals surface area contributed by atoms with Crippen molar-refractivity contribution in [2.24, 2.45) is 0 Å². The van der Waals surface area contributed by atoms with Crippen LogP contribution in [0, 0.1) is 0 Å². The first kappa shape index (κ1) is 34.9. The fourth-order valence-electron chi connectivity index (χ4n) is 10.2. The van der Waals surface area contributed by atoms with Crippen molar-refractivity contribution in [3.8, 4) is 40.1 Å². The topological polar surface area (TPSA) is 66.6 Å². The average molecular weight is 819 g/mol. The maximum atomic E-state index is 6.67. The zero-order chi connectivity index (χ0) is 41.9. The molecule has 7 heteroatoms. The molecule has 9 aromatic carbocycles. The standard InChI is InChI=1S/C57H34N6O/c1-9-25-44-35(17-1)36-18-2-10-26-45(36)61(44)49-30-14-6-23-42(49)55-58-56(60-57(59-55)63-46-27-11-3-19-37(46)38-20-4-12-28-47(38)63)43-24-7-15-31-50(43)62-48-29-13-5-22-41(48)53-51(62)34-33-40-39-21-8-16-32-52(39)64-54(40)53/h1-34H. The molecule has 0 atom stereocenters. The minimum absolute atomic E-state index is 0.537. The van der Waals surface area contributed by atoms with Crippen molar-refractivity contribution in [2.75, 3.05) is 0 Å². The Hall–Kier alpha value is -8.81. The van der Waals surface area contributed by atoms with E-state index in [2.05, 4.69) is 208 Å². The van der Waals surface area contributed by atoms with Crippen molar-refractivity contribution < 1.29 is 4.42 Å². The van der Waals surface area contributed by atoms with E-state index in [9.17, 15) is 0 Å². The highest BCUT2D eigenvalue weighted by molar-refractivity contribution is 6.24. The first-order chi connectivity index (χ1) is 31.8. The van der Waals surface area contributed by atoms with E-state index in [4.69, 9.17) is 19.4 Å². The van der Waals surface area contributed by atoms with Gasteiger partial charge in [-0.15, -0.1) is 0 Å². The Kier molecular flexibility index (Phi) is 7.27. The van der Waals surface area contributed by atoms with Crippen LogP contribution in [0.15, 0.2) is 211 Å². The Morgan fingerprint density at radius 1 is 0.297 bits per heavy atom. The number of para-hydroxylation sites is 8. The van der Waals surface area contributed by atoms with Gasteiger partial charge in [-0.25, -0.2) is 4.98 Å². The highest BCUT2D eigenvalue weighted by Gasteiger charge is 2.24. The third-order valence-corrected chi connectivity index (χ3v) is 12.9. The van der Waals surface area contributed by atoms with Crippen LogP contribution in [-0.2, 0) is 0 Å². The summed E-state index contributed by atoms with van der Waals surface area (Å²) in [7, 11) is 0. The summed E-state index contributed by atoms with van der Waals surface area (Å²) >= 11 is 0. The molecule has 0 bridgehead atoms. The summed E-state index contributed by atoms with van der Waals surface area (Å²) < 4.78 is 13.5. The maximum Gasteiger partial charge on any atom is 0.238 e. The van der Waals surface area contributed by atoms with Crippen LogP contribution in [0.25, 0.3) is 127 Å². The fourth-order valence-corrected chi connectivity index (χ4v) is 10.2. The van der Waals surface area contributed by atoms with E-state index in [1.807, 2.05) is 12.1 Å². The molecule has 0 unspecified atom stereocenters. The van der Waals surface area contributed by atoms with Gasteiger partial charge >= 0.3 is 0 Å². The van der Waals surface area contributed by atoms with E-state index < -0.39 is 0 Å². The SMILES string of the molecule is c1ccc(-n2c3ccccc3c3ccccc32)c(-c2nc(-c3ccccc3-n3c4ccccc4c4c5oc6ccccc6c5ccc43)nc(-n3c4ccccc4c4ccccc43)n2)c1. The summed E-state index contributed by atoms with van der Waals surface area (Å²) in [5.74, 6) is 1.67. The second kappa shape index (κ2) is 13.3. The molecule has 0 aliphatic rings. The highest BCUT2D eigenvalue weighted by Crippen LogP contribution is 2.43. The van der Waals surface area contributed by atoms with E-state index in [-0.39, 0.29) is 0 Å². The summed E-state index contributed by atoms with van der Waals surface area (Å²) in [6.07, 6.45) is 0. The zero-order valence-corrected chi connectivity index (χ0v) is 34.2. The van der Waals surface area contributed by atoms with E-state index in [0.29, 0.717) is 17.6 Å². The lowest BCUT2D eigenvalue weighted by Gasteiger charge is -2.17. The molecule has 298 valence electrons. The molecule has 0 spiro atoms. The Balaban J connectivity index is 1.07. The summed E-state index contributed by atoms with van der Waals surface area (Å²) in [4.78, 5) is 16.4. The maximum absolute atomic E-state index is 6.67. The lowest BCUT2D eigenvalue weighted by atomic mass is 10.1. The molecule has 5 heterocycles. The molecule has 0 saturated carbocycles. The Bertz CT molecular complexity index is 4120. The number of aromatic nitrogens is 6. The van der Waals surface area contributed by atoms with Crippen molar-refractivity contribution in [2.45, 2.75) is 0 Å². The molecule has 0 amide bonds. The third-order valence-electron chi connectivity index (χ3n) is 12.9. The average Bonchev–Trinajstić information content (AvgIpc) is 4.10. The highest BCUT2D eigenvalue weighted by atomic mass is 16.3. The molecule has 14 rings (SSSR count). The van der Waals surface area contributed by atoms with Crippen LogP contribution in [0.5, 0.6) is 0 Å². The summed E-state index contributed by atoms with van der Waals surface area (Å²) in [6, 6.07) is 72.3. The summed E-state index contributed by atoms with van der Waals surface area (Å²) in [6.45, 7) is 0. The van der Waals surface area contributed by atoms with Gasteiger partial charge in [0.25, 0.3) is 0 Å². The number of hydrogen-bond acceptors (Lipinski definition) is 4. The molecular formula is C57H34N6O. The molecule has 14 aromatic rings. The third kappa shape index (κ3) is 4.89. The first-order valence-corrected chi connectivity index (χ1v) is 21.5.